The molecule has 50 heavy (non-hydrogen) atoms. The molecule has 0 amide bonds. The topological polar surface area (TPSA) is 147 Å². The molecule has 0 aromatic heterocycles. The number of fused-ring (bicyclic) bond motifs is 8. The molecular weight excluding hydrogens is 658 g/mol. The van der Waals surface area contributed by atoms with Crippen molar-refractivity contribution < 1.29 is 44.2 Å². The summed E-state index contributed by atoms with van der Waals surface area (Å²) in [7, 11) is 0. The lowest BCUT2D eigenvalue weighted by molar-refractivity contribution is -0.450. The van der Waals surface area contributed by atoms with E-state index < -0.39 is 40.2 Å². The summed E-state index contributed by atoms with van der Waals surface area (Å²) < 4.78 is 25.3. The summed E-state index contributed by atoms with van der Waals surface area (Å²) >= 11 is 1.63. The number of hydrogen-bond acceptors (Lipinski definition) is 11. The Morgan fingerprint density at radius 2 is 1.84 bits per heavy atom. The summed E-state index contributed by atoms with van der Waals surface area (Å²) in [6.45, 7) is 4.55. The Balaban J connectivity index is 0.970. The van der Waals surface area contributed by atoms with Gasteiger partial charge in [0.2, 0.25) is 12.1 Å². The number of aliphatic hydroxyl groups excluding tert-OH is 2. The molecule has 8 aliphatic rings. The highest BCUT2D eigenvalue weighted by Gasteiger charge is 2.72. The quantitative estimate of drug-likeness (QED) is 0.224. The Morgan fingerprint density at radius 1 is 1.02 bits per heavy atom. The predicted molar refractivity (Wildman–Crippen MR) is 184 cm³/mol. The van der Waals surface area contributed by atoms with E-state index in [9.17, 15) is 25.2 Å². The van der Waals surface area contributed by atoms with Crippen LogP contribution in [0.2, 0.25) is 0 Å². The van der Waals surface area contributed by atoms with Crippen molar-refractivity contribution in [2.24, 2.45) is 34.5 Å². The van der Waals surface area contributed by atoms with Gasteiger partial charge in [0.25, 0.3) is 0 Å². The van der Waals surface area contributed by atoms with Gasteiger partial charge in [0.1, 0.15) is 11.5 Å². The van der Waals surface area contributed by atoms with E-state index in [2.05, 4.69) is 12.2 Å². The monoisotopic (exact) mass is 711 g/mol. The molecule has 4 heterocycles. The van der Waals surface area contributed by atoms with Crippen molar-refractivity contribution in [3.05, 3.63) is 47.5 Å². The molecule has 1 unspecified atom stereocenters. The summed E-state index contributed by atoms with van der Waals surface area (Å²) in [5.41, 5.74) is 0.161. The van der Waals surface area contributed by atoms with Crippen LogP contribution in [0.3, 0.4) is 0 Å². The number of benzene rings is 1. The first-order chi connectivity index (χ1) is 23.9. The van der Waals surface area contributed by atoms with E-state index in [0.29, 0.717) is 44.5 Å². The van der Waals surface area contributed by atoms with E-state index >= 15 is 0 Å². The van der Waals surface area contributed by atoms with Gasteiger partial charge in [0.15, 0.2) is 0 Å². The van der Waals surface area contributed by atoms with Crippen LogP contribution in [0, 0.1) is 34.5 Å². The van der Waals surface area contributed by atoms with Gasteiger partial charge < -0.3 is 39.4 Å². The first-order valence-electron chi connectivity index (χ1n) is 19.0. The number of hydrogen-bond donors (Lipinski definition) is 5. The summed E-state index contributed by atoms with van der Waals surface area (Å²) in [5, 5.41) is 51.6. The Kier molecular flexibility index (Phi) is 8.21. The Hall–Kier alpha value is -1.54. The molecule has 1 aromatic rings. The zero-order valence-electron chi connectivity index (χ0n) is 29.2. The summed E-state index contributed by atoms with van der Waals surface area (Å²) in [6.07, 6.45) is 6.43. The molecule has 0 bridgehead atoms. The Bertz CT molecular complexity index is 1530. The van der Waals surface area contributed by atoms with Crippen molar-refractivity contribution in [3.63, 3.8) is 0 Å². The second-order valence-corrected chi connectivity index (χ2v) is 18.6. The fraction of sp³-hybridized carbons (Fsp3) is 0.769. The number of thioether (sulfide) groups is 1. The van der Waals surface area contributed by atoms with Crippen LogP contribution in [0.4, 0.5) is 0 Å². The Morgan fingerprint density at radius 3 is 2.60 bits per heavy atom. The van der Waals surface area contributed by atoms with Crippen molar-refractivity contribution in [2.45, 2.75) is 131 Å². The van der Waals surface area contributed by atoms with Gasteiger partial charge in [-0.2, -0.15) is 0 Å². The lowest BCUT2D eigenvalue weighted by Gasteiger charge is -2.66. The fourth-order valence-corrected chi connectivity index (χ4v) is 14.3. The first kappa shape index (κ1) is 34.2. The minimum absolute atomic E-state index is 0.00210. The number of esters is 1. The molecule has 4 saturated carbocycles. The third-order valence-electron chi connectivity index (χ3n) is 15.1. The molecular formula is C39H53NO9S. The number of cyclic esters (lactones) is 1. The van der Waals surface area contributed by atoms with E-state index in [1.807, 2.05) is 37.3 Å². The van der Waals surface area contributed by atoms with E-state index in [1.165, 1.54) is 0 Å². The number of aliphatic hydroxyl groups is 4. The van der Waals surface area contributed by atoms with Crippen LogP contribution in [0.1, 0.15) is 89.7 Å². The highest BCUT2D eigenvalue weighted by molar-refractivity contribution is 8.01. The molecule has 11 heteroatoms. The Labute approximate surface area is 298 Å². The number of rotatable bonds is 5. The maximum Gasteiger partial charge on any atom is 0.331 e. The zero-order valence-corrected chi connectivity index (χ0v) is 30.0. The molecule has 4 aliphatic heterocycles. The van der Waals surface area contributed by atoms with Gasteiger partial charge in [-0.05, 0) is 99.5 Å². The molecule has 9 rings (SSSR count). The molecule has 274 valence electrons. The van der Waals surface area contributed by atoms with Crippen molar-refractivity contribution in [3.8, 4) is 0 Å². The van der Waals surface area contributed by atoms with Crippen LogP contribution in [0.15, 0.2) is 42.0 Å². The number of carbonyl (C=O) groups is 1. The number of carbonyl (C=O) groups excluding carboxylic acids is 1. The van der Waals surface area contributed by atoms with E-state index in [1.54, 1.807) is 17.8 Å². The van der Waals surface area contributed by atoms with Crippen LogP contribution in [-0.2, 0) is 23.7 Å². The zero-order chi connectivity index (χ0) is 34.7. The predicted octanol–water partition coefficient (Wildman–Crippen LogP) is 3.96. The molecule has 10 nitrogen and oxygen atoms in total. The number of ether oxygens (including phenoxy) is 4. The smallest absolute Gasteiger partial charge is 0.331 e. The van der Waals surface area contributed by atoms with Crippen molar-refractivity contribution in [1.29, 1.82) is 0 Å². The summed E-state index contributed by atoms with van der Waals surface area (Å²) in [4.78, 5) is 11.1. The molecule has 1 spiro atoms. The maximum atomic E-state index is 12.7. The van der Waals surface area contributed by atoms with Gasteiger partial charge in [-0.15, -0.1) is 11.8 Å². The minimum atomic E-state index is -1.77. The fourth-order valence-electron chi connectivity index (χ4n) is 12.7. The van der Waals surface area contributed by atoms with Gasteiger partial charge in [0, 0.05) is 41.7 Å². The SMILES string of the molecule is C[C@@H]1C[C@@]2(N[C@H](CC(O)c3ccccc3)CS2)[C@]2(O)O[C@@H]3C[C@@]4(CO)[C@@H](CC[C@@H]5[C@@H]4CC[C@]4(C)[C@@H](C6=CC(=O)OC6)CC[C@]54O)C[C@H]3O[C@@H]2O1. The number of nitrogens with one attached hydrogen (secondary N) is 1. The minimum Gasteiger partial charge on any atom is -0.458 e. The average molecular weight is 712 g/mol. The van der Waals surface area contributed by atoms with Crippen LogP contribution in [-0.4, -0.2) is 92.3 Å². The molecule has 1 aromatic carbocycles. The molecule has 15 atom stereocenters. The molecule has 5 N–H and O–H groups in total. The van der Waals surface area contributed by atoms with E-state index in [-0.39, 0.29) is 59.9 Å². The summed E-state index contributed by atoms with van der Waals surface area (Å²) in [5.74, 6) is -0.908. The highest BCUT2D eigenvalue weighted by Crippen LogP contribution is 2.70. The third kappa shape index (κ3) is 4.80. The van der Waals surface area contributed by atoms with Gasteiger partial charge in [-0.25, -0.2) is 4.79 Å². The van der Waals surface area contributed by atoms with Crippen LogP contribution in [0.5, 0.6) is 0 Å². The maximum absolute atomic E-state index is 12.7. The standard InChI is InChI=1S/C39H53NO9S/c1-22-17-38(40-26(20-50-38)16-30(42)23-6-4-3-5-7-23)39(45)34(47-22)48-31-15-25-8-9-29-28(36(25,21-41)18-32(31)49-39)10-12-35(2)27(11-13-37(29,35)44)24-14-33(43)46-19-24/h3-7,14,22,25-32,34,40-42,44-45H,8-13,15-21H2,1-2H3/t22-,25+,26-,27-,28+,29-,30?,31-,32-,34+,35-,36-,37+,38+,39-/m1/s1. The van der Waals surface area contributed by atoms with Gasteiger partial charge in [-0.3, -0.25) is 5.32 Å². The molecule has 7 fully saturated rings. The lowest BCUT2D eigenvalue weighted by atomic mass is 9.42. The molecule has 4 aliphatic carbocycles. The second-order valence-electron chi connectivity index (χ2n) is 17.3. The van der Waals surface area contributed by atoms with Gasteiger partial charge >= 0.3 is 5.97 Å². The van der Waals surface area contributed by atoms with Crippen molar-refractivity contribution >= 4 is 17.7 Å². The normalized spacial score (nSPS) is 51.5. The van der Waals surface area contributed by atoms with Gasteiger partial charge in [0.05, 0.1) is 30.0 Å². The average Bonchev–Trinajstić information content (AvgIpc) is 3.79. The second kappa shape index (κ2) is 12.0. The van der Waals surface area contributed by atoms with E-state index in [4.69, 9.17) is 18.9 Å². The molecule has 0 radical (unpaired) electrons. The van der Waals surface area contributed by atoms with Crippen LogP contribution < -0.4 is 5.32 Å². The van der Waals surface area contributed by atoms with Crippen molar-refractivity contribution in [2.75, 3.05) is 19.0 Å². The van der Waals surface area contributed by atoms with Crippen molar-refractivity contribution in [1.82, 2.24) is 5.32 Å². The molecule has 3 saturated heterocycles. The van der Waals surface area contributed by atoms with E-state index in [0.717, 1.165) is 43.2 Å². The first-order valence-corrected chi connectivity index (χ1v) is 20.0. The lowest BCUT2D eigenvalue weighted by Crippen LogP contribution is -2.76. The van der Waals surface area contributed by atoms with Gasteiger partial charge in [-0.1, -0.05) is 37.3 Å². The largest absolute Gasteiger partial charge is 0.458 e. The van der Waals surface area contributed by atoms with Crippen LogP contribution in [0.25, 0.3) is 0 Å². The highest BCUT2D eigenvalue weighted by atomic mass is 32.2. The third-order valence-corrected chi connectivity index (χ3v) is 16.7. The summed E-state index contributed by atoms with van der Waals surface area (Å²) in [6, 6.07) is 9.62. The van der Waals surface area contributed by atoms with Crippen LogP contribution >= 0.6 is 11.8 Å².